The molecule has 0 amide bonds. The van der Waals surface area contributed by atoms with E-state index < -0.39 is 0 Å². The molecule has 2 fully saturated rings. The Morgan fingerprint density at radius 2 is 1.81 bits per heavy atom. The Hall–Kier alpha value is -1.26. The highest BCUT2D eigenvalue weighted by molar-refractivity contribution is 5.50. The van der Waals surface area contributed by atoms with Crippen molar-refractivity contribution in [2.24, 2.45) is 0 Å². The van der Waals surface area contributed by atoms with Gasteiger partial charge in [-0.25, -0.2) is 0 Å². The van der Waals surface area contributed by atoms with Crippen LogP contribution in [0.25, 0.3) is 0 Å². The lowest BCUT2D eigenvalue weighted by molar-refractivity contribution is 0.388. The van der Waals surface area contributed by atoms with Crippen LogP contribution in [-0.4, -0.2) is 43.6 Å². The van der Waals surface area contributed by atoms with Crippen molar-refractivity contribution in [3.05, 3.63) is 24.3 Å². The van der Waals surface area contributed by atoms with E-state index in [4.69, 9.17) is 9.47 Å². The van der Waals surface area contributed by atoms with Gasteiger partial charge in [-0.3, -0.25) is 0 Å². The van der Waals surface area contributed by atoms with E-state index >= 15 is 0 Å². The quantitative estimate of drug-likeness (QED) is 0.753. The molecule has 2 heterocycles. The molecule has 0 radical (unpaired) electrons. The number of aromatic hydroxyl groups is 1. The van der Waals surface area contributed by atoms with Gasteiger partial charge in [0.05, 0.1) is 25.4 Å². The molecule has 4 nitrogen and oxygen atoms in total. The van der Waals surface area contributed by atoms with E-state index in [1.54, 1.807) is 12.1 Å². The summed E-state index contributed by atoms with van der Waals surface area (Å²) in [7, 11) is 0. The molecule has 2 unspecified atom stereocenters. The first kappa shape index (κ1) is 9.93. The van der Waals surface area contributed by atoms with E-state index in [9.17, 15) is 5.11 Å². The molecule has 0 aliphatic carbocycles. The summed E-state index contributed by atoms with van der Waals surface area (Å²) in [6.07, 6.45) is 0.696. The topological polar surface area (TPSA) is 48.5 Å². The molecule has 2 saturated heterocycles. The van der Waals surface area contributed by atoms with Crippen molar-refractivity contribution >= 4 is 5.69 Å². The van der Waals surface area contributed by atoms with Crippen molar-refractivity contribution in [2.75, 3.05) is 31.2 Å². The highest BCUT2D eigenvalue weighted by Gasteiger charge is 2.30. The normalized spacial score (nSPS) is 26.5. The number of phenolic OH excluding ortho intramolecular Hbond substituents is 1. The second-order valence-corrected chi connectivity index (χ2v) is 4.34. The van der Waals surface area contributed by atoms with Gasteiger partial charge in [0.25, 0.3) is 0 Å². The number of anilines is 1. The molecular weight excluding hydrogens is 206 g/mol. The van der Waals surface area contributed by atoms with Gasteiger partial charge in [0.2, 0.25) is 0 Å². The number of ether oxygens (including phenoxy) is 2. The maximum Gasteiger partial charge on any atom is 0.117 e. The third-order valence-electron chi connectivity index (χ3n) is 2.85. The third-order valence-corrected chi connectivity index (χ3v) is 2.85. The zero-order valence-electron chi connectivity index (χ0n) is 9.00. The van der Waals surface area contributed by atoms with Gasteiger partial charge in [0, 0.05) is 24.8 Å². The molecule has 2 aliphatic rings. The van der Waals surface area contributed by atoms with Crippen LogP contribution < -0.4 is 4.90 Å². The monoisotopic (exact) mass is 221 g/mol. The molecule has 2 aliphatic heterocycles. The van der Waals surface area contributed by atoms with E-state index in [1.807, 2.05) is 12.1 Å². The van der Waals surface area contributed by atoms with Crippen LogP contribution in [0.2, 0.25) is 0 Å². The van der Waals surface area contributed by atoms with E-state index in [0.29, 0.717) is 18.0 Å². The van der Waals surface area contributed by atoms with Gasteiger partial charge in [-0.05, 0) is 12.1 Å². The second kappa shape index (κ2) is 3.96. The molecule has 3 rings (SSSR count). The molecular formula is C12H15NO3. The van der Waals surface area contributed by atoms with Crippen molar-refractivity contribution in [3.63, 3.8) is 0 Å². The second-order valence-electron chi connectivity index (χ2n) is 4.34. The summed E-state index contributed by atoms with van der Waals surface area (Å²) in [5.41, 5.74) is 1.03. The summed E-state index contributed by atoms with van der Waals surface area (Å²) in [4.78, 5) is 2.22. The largest absolute Gasteiger partial charge is 0.508 e. The van der Waals surface area contributed by atoms with Crippen LogP contribution in [-0.2, 0) is 9.47 Å². The van der Waals surface area contributed by atoms with Crippen LogP contribution in [0.3, 0.4) is 0 Å². The summed E-state index contributed by atoms with van der Waals surface area (Å²) in [5, 5.41) is 9.47. The van der Waals surface area contributed by atoms with Gasteiger partial charge in [-0.2, -0.15) is 0 Å². The predicted octanol–water partition coefficient (Wildman–Crippen LogP) is 0.996. The van der Waals surface area contributed by atoms with Crippen molar-refractivity contribution in [1.29, 1.82) is 0 Å². The van der Waals surface area contributed by atoms with E-state index in [2.05, 4.69) is 4.90 Å². The van der Waals surface area contributed by atoms with E-state index in [-0.39, 0.29) is 0 Å². The molecule has 1 N–H and O–H groups in total. The van der Waals surface area contributed by atoms with Crippen molar-refractivity contribution in [2.45, 2.75) is 12.2 Å². The molecule has 0 spiro atoms. The van der Waals surface area contributed by atoms with E-state index in [1.165, 1.54) is 0 Å². The molecule has 4 heteroatoms. The van der Waals surface area contributed by atoms with Crippen LogP contribution >= 0.6 is 0 Å². The van der Waals surface area contributed by atoms with Crippen molar-refractivity contribution < 1.29 is 14.6 Å². The number of nitrogens with zero attached hydrogens (tertiary/aromatic N) is 1. The Morgan fingerprint density at radius 3 is 2.31 bits per heavy atom. The number of hydrogen-bond acceptors (Lipinski definition) is 4. The maximum atomic E-state index is 9.47. The number of rotatable bonds is 5. The van der Waals surface area contributed by atoms with Crippen LogP contribution in [0.5, 0.6) is 5.75 Å². The summed E-state index contributed by atoms with van der Waals surface area (Å²) in [5.74, 6) is 0.302. The summed E-state index contributed by atoms with van der Waals surface area (Å²) in [6, 6.07) is 7.33. The first-order valence-corrected chi connectivity index (χ1v) is 5.58. The van der Waals surface area contributed by atoms with Gasteiger partial charge >= 0.3 is 0 Å². The molecule has 0 aromatic heterocycles. The Labute approximate surface area is 94.4 Å². The molecule has 2 atom stereocenters. The van der Waals surface area contributed by atoms with Crippen LogP contribution in [0.15, 0.2) is 24.3 Å². The fourth-order valence-corrected chi connectivity index (χ4v) is 1.81. The van der Waals surface area contributed by atoms with Crippen molar-refractivity contribution in [3.8, 4) is 5.75 Å². The predicted molar refractivity (Wildman–Crippen MR) is 59.8 cm³/mol. The Balaban J connectivity index is 1.73. The minimum absolute atomic E-state index is 0.302. The van der Waals surface area contributed by atoms with Crippen molar-refractivity contribution in [1.82, 2.24) is 0 Å². The standard InChI is InChI=1S/C12H15NO3/c14-10-3-1-2-9(4-10)13(5-11-7-15-11)6-12-8-16-12/h1-4,11-12,14H,5-8H2. The lowest BCUT2D eigenvalue weighted by atomic mass is 10.2. The van der Waals surface area contributed by atoms with E-state index in [0.717, 1.165) is 32.0 Å². The Kier molecular flexibility index (Phi) is 2.46. The van der Waals surface area contributed by atoms with Gasteiger partial charge in [-0.1, -0.05) is 6.07 Å². The average molecular weight is 221 g/mol. The highest BCUT2D eigenvalue weighted by Crippen LogP contribution is 2.24. The number of benzene rings is 1. The molecule has 0 saturated carbocycles. The fraction of sp³-hybridized carbons (Fsp3) is 0.500. The minimum Gasteiger partial charge on any atom is -0.508 e. The highest BCUT2D eigenvalue weighted by atomic mass is 16.6. The fourth-order valence-electron chi connectivity index (χ4n) is 1.81. The molecule has 86 valence electrons. The SMILES string of the molecule is Oc1cccc(N(CC2CO2)CC2CO2)c1. The Bertz CT molecular complexity index is 360. The van der Waals surface area contributed by atoms with Gasteiger partial charge in [-0.15, -0.1) is 0 Å². The van der Waals surface area contributed by atoms with Crippen LogP contribution in [0.1, 0.15) is 0 Å². The number of phenols is 1. The summed E-state index contributed by atoms with van der Waals surface area (Å²) < 4.78 is 10.5. The zero-order valence-corrected chi connectivity index (χ0v) is 9.00. The molecule has 0 bridgehead atoms. The molecule has 16 heavy (non-hydrogen) atoms. The lowest BCUT2D eigenvalue weighted by Crippen LogP contribution is -2.31. The lowest BCUT2D eigenvalue weighted by Gasteiger charge is -2.23. The van der Waals surface area contributed by atoms with Crippen LogP contribution in [0, 0.1) is 0 Å². The molecule has 1 aromatic rings. The number of hydrogen-bond donors (Lipinski definition) is 1. The van der Waals surface area contributed by atoms with Gasteiger partial charge in [0.1, 0.15) is 5.75 Å². The first-order valence-electron chi connectivity index (χ1n) is 5.58. The third kappa shape index (κ3) is 2.46. The van der Waals surface area contributed by atoms with Gasteiger partial charge < -0.3 is 19.5 Å². The summed E-state index contributed by atoms with van der Waals surface area (Å²) >= 11 is 0. The zero-order chi connectivity index (χ0) is 11.0. The first-order chi connectivity index (χ1) is 7.81. The average Bonchev–Trinajstić information content (AvgIpc) is 3.11. The minimum atomic E-state index is 0.302. The van der Waals surface area contributed by atoms with Crippen LogP contribution in [0.4, 0.5) is 5.69 Å². The molecule has 1 aromatic carbocycles. The Morgan fingerprint density at radius 1 is 1.19 bits per heavy atom. The summed E-state index contributed by atoms with van der Waals surface area (Å²) in [6.45, 7) is 3.45. The van der Waals surface area contributed by atoms with Gasteiger partial charge in [0.15, 0.2) is 0 Å². The maximum absolute atomic E-state index is 9.47. The smallest absolute Gasteiger partial charge is 0.117 e. The number of epoxide rings is 2.